The van der Waals surface area contributed by atoms with Crippen LogP contribution >= 0.6 is 0 Å². The van der Waals surface area contributed by atoms with Gasteiger partial charge in [0, 0.05) is 36.7 Å². The number of carbonyl (C=O) groups is 1. The van der Waals surface area contributed by atoms with E-state index in [9.17, 15) is 9.59 Å². The summed E-state index contributed by atoms with van der Waals surface area (Å²) in [6, 6.07) is 5.35. The minimum atomic E-state index is -0.422. The molecule has 3 rings (SSSR count). The first kappa shape index (κ1) is 14.0. The Labute approximate surface area is 126 Å². The van der Waals surface area contributed by atoms with Crippen molar-refractivity contribution in [1.82, 2.24) is 24.7 Å². The molecule has 0 unspecified atom stereocenters. The number of pyridine rings is 1. The number of aromatic amines is 1. The molecular formula is C15H15N5O2. The zero-order valence-corrected chi connectivity index (χ0v) is 12.0. The minimum absolute atomic E-state index is 0.0383. The fraction of sp³-hybridized carbons (Fsp3) is 0.200. The molecule has 0 fully saturated rings. The number of nitrogens with zero attached hydrogens (tertiary/aromatic N) is 3. The van der Waals surface area contributed by atoms with Gasteiger partial charge in [-0.2, -0.15) is 0 Å². The highest BCUT2D eigenvalue weighted by Crippen LogP contribution is 2.02. The molecule has 3 aromatic heterocycles. The smallest absolute Gasteiger partial charge is 0.270 e. The number of imidazole rings is 1. The first-order valence-electron chi connectivity index (χ1n) is 6.89. The van der Waals surface area contributed by atoms with Gasteiger partial charge in [-0.3, -0.25) is 14.0 Å². The normalized spacial score (nSPS) is 10.8. The van der Waals surface area contributed by atoms with Crippen molar-refractivity contribution < 1.29 is 4.79 Å². The van der Waals surface area contributed by atoms with E-state index in [2.05, 4.69) is 20.3 Å². The molecule has 0 saturated heterocycles. The fourth-order valence-corrected chi connectivity index (χ4v) is 2.26. The molecule has 7 nitrogen and oxygen atoms in total. The number of carbonyl (C=O) groups excluding carboxylic acids is 1. The van der Waals surface area contributed by atoms with Gasteiger partial charge in [0.25, 0.3) is 11.5 Å². The highest BCUT2D eigenvalue weighted by atomic mass is 16.2. The van der Waals surface area contributed by atoms with Crippen LogP contribution in [0.5, 0.6) is 0 Å². The van der Waals surface area contributed by atoms with Crippen molar-refractivity contribution in [2.45, 2.75) is 13.3 Å². The maximum absolute atomic E-state index is 12.4. The molecule has 0 aliphatic heterocycles. The van der Waals surface area contributed by atoms with Gasteiger partial charge in [-0.15, -0.1) is 0 Å². The largest absolute Gasteiger partial charge is 0.351 e. The highest BCUT2D eigenvalue weighted by Gasteiger charge is 2.13. The van der Waals surface area contributed by atoms with Gasteiger partial charge in [0.2, 0.25) is 0 Å². The number of aromatic nitrogens is 4. The fourth-order valence-electron chi connectivity index (χ4n) is 2.26. The van der Waals surface area contributed by atoms with Crippen LogP contribution < -0.4 is 10.9 Å². The van der Waals surface area contributed by atoms with E-state index in [1.807, 2.05) is 6.07 Å². The Morgan fingerprint density at radius 3 is 3.00 bits per heavy atom. The quantitative estimate of drug-likeness (QED) is 0.741. The molecule has 0 aliphatic carbocycles. The van der Waals surface area contributed by atoms with E-state index in [0.29, 0.717) is 18.6 Å². The van der Waals surface area contributed by atoms with Crippen molar-refractivity contribution in [1.29, 1.82) is 0 Å². The summed E-state index contributed by atoms with van der Waals surface area (Å²) in [6.45, 7) is 2.22. The lowest BCUT2D eigenvalue weighted by molar-refractivity contribution is 0.0952. The van der Waals surface area contributed by atoms with Gasteiger partial charge in [-0.05, 0) is 19.1 Å². The third kappa shape index (κ3) is 2.60. The molecule has 3 aromatic rings. The molecule has 7 heteroatoms. The Kier molecular flexibility index (Phi) is 3.69. The SMILES string of the molecule is Cc1cccc2ncc(C(=O)NCCc3cnc[nH]3)c(=O)n12. The maximum Gasteiger partial charge on any atom is 0.270 e. The Hall–Kier alpha value is -2.96. The summed E-state index contributed by atoms with van der Waals surface area (Å²) < 4.78 is 1.43. The lowest BCUT2D eigenvalue weighted by Gasteiger charge is -2.07. The van der Waals surface area contributed by atoms with Crippen molar-refractivity contribution in [3.05, 3.63) is 64.2 Å². The van der Waals surface area contributed by atoms with Crippen LogP contribution in [0.25, 0.3) is 5.65 Å². The van der Waals surface area contributed by atoms with Crippen molar-refractivity contribution in [3.63, 3.8) is 0 Å². The summed E-state index contributed by atoms with van der Waals surface area (Å²) in [5.41, 5.74) is 1.86. The van der Waals surface area contributed by atoms with Crippen LogP contribution in [0, 0.1) is 6.92 Å². The molecular weight excluding hydrogens is 282 g/mol. The number of nitrogens with one attached hydrogen (secondary N) is 2. The first-order chi connectivity index (χ1) is 10.7. The molecule has 3 heterocycles. The van der Waals surface area contributed by atoms with Crippen LogP contribution in [0.3, 0.4) is 0 Å². The third-order valence-electron chi connectivity index (χ3n) is 3.40. The summed E-state index contributed by atoms with van der Waals surface area (Å²) in [5.74, 6) is -0.422. The summed E-state index contributed by atoms with van der Waals surface area (Å²) in [7, 11) is 0. The molecule has 0 bridgehead atoms. The van der Waals surface area contributed by atoms with Gasteiger partial charge in [-0.25, -0.2) is 9.97 Å². The summed E-state index contributed by atoms with van der Waals surface area (Å²) >= 11 is 0. The number of amides is 1. The van der Waals surface area contributed by atoms with E-state index in [-0.39, 0.29) is 11.1 Å². The second kappa shape index (κ2) is 5.80. The second-order valence-corrected chi connectivity index (χ2v) is 4.92. The Balaban J connectivity index is 1.80. The topological polar surface area (TPSA) is 92.2 Å². The number of H-pyrrole nitrogens is 1. The van der Waals surface area contributed by atoms with Crippen LogP contribution in [0.4, 0.5) is 0 Å². The molecule has 0 saturated carbocycles. The minimum Gasteiger partial charge on any atom is -0.351 e. The van der Waals surface area contributed by atoms with Crippen LogP contribution in [0.1, 0.15) is 21.7 Å². The van der Waals surface area contributed by atoms with E-state index >= 15 is 0 Å². The summed E-state index contributed by atoms with van der Waals surface area (Å²) in [4.78, 5) is 35.6. The standard InChI is InChI=1S/C15H15N5O2/c1-10-3-2-4-13-18-8-12(15(22)20(10)13)14(21)17-6-5-11-7-16-9-19-11/h2-4,7-9H,5-6H2,1H3,(H,16,19)(H,17,21). The average Bonchev–Trinajstić information content (AvgIpc) is 3.01. The lowest BCUT2D eigenvalue weighted by Crippen LogP contribution is -2.33. The molecule has 0 aromatic carbocycles. The molecule has 0 radical (unpaired) electrons. The van der Waals surface area contributed by atoms with Crippen molar-refractivity contribution >= 4 is 11.6 Å². The zero-order chi connectivity index (χ0) is 15.5. The molecule has 0 atom stereocenters. The van der Waals surface area contributed by atoms with Gasteiger partial charge in [-0.1, -0.05) is 6.07 Å². The molecule has 2 N–H and O–H groups in total. The van der Waals surface area contributed by atoms with E-state index in [1.54, 1.807) is 31.6 Å². The van der Waals surface area contributed by atoms with E-state index in [0.717, 1.165) is 11.4 Å². The Morgan fingerprint density at radius 1 is 1.36 bits per heavy atom. The van der Waals surface area contributed by atoms with Gasteiger partial charge < -0.3 is 10.3 Å². The molecule has 0 spiro atoms. The Morgan fingerprint density at radius 2 is 2.23 bits per heavy atom. The summed E-state index contributed by atoms with van der Waals surface area (Å²) in [6.07, 6.45) is 5.22. The molecule has 0 aliphatic rings. The van der Waals surface area contributed by atoms with Crippen LogP contribution in [-0.2, 0) is 6.42 Å². The van der Waals surface area contributed by atoms with Crippen molar-refractivity contribution in [3.8, 4) is 0 Å². The highest BCUT2D eigenvalue weighted by molar-refractivity contribution is 5.93. The third-order valence-corrected chi connectivity index (χ3v) is 3.40. The van der Waals surface area contributed by atoms with Crippen LogP contribution in [0.2, 0.25) is 0 Å². The van der Waals surface area contributed by atoms with Gasteiger partial charge in [0.15, 0.2) is 0 Å². The van der Waals surface area contributed by atoms with Crippen molar-refractivity contribution in [2.75, 3.05) is 6.54 Å². The number of hydrogen-bond acceptors (Lipinski definition) is 4. The molecule has 112 valence electrons. The predicted molar refractivity (Wildman–Crippen MR) is 80.8 cm³/mol. The van der Waals surface area contributed by atoms with E-state index < -0.39 is 5.91 Å². The van der Waals surface area contributed by atoms with Crippen molar-refractivity contribution in [2.24, 2.45) is 0 Å². The van der Waals surface area contributed by atoms with Gasteiger partial charge >= 0.3 is 0 Å². The van der Waals surface area contributed by atoms with E-state index in [1.165, 1.54) is 10.6 Å². The second-order valence-electron chi connectivity index (χ2n) is 4.92. The van der Waals surface area contributed by atoms with Crippen LogP contribution in [-0.4, -0.2) is 31.8 Å². The average molecular weight is 297 g/mol. The maximum atomic E-state index is 12.4. The molecule has 22 heavy (non-hydrogen) atoms. The molecule has 1 amide bonds. The summed E-state index contributed by atoms with van der Waals surface area (Å²) in [5, 5.41) is 2.72. The van der Waals surface area contributed by atoms with Gasteiger partial charge in [0.1, 0.15) is 11.2 Å². The number of rotatable bonds is 4. The van der Waals surface area contributed by atoms with E-state index in [4.69, 9.17) is 0 Å². The lowest BCUT2D eigenvalue weighted by atomic mass is 10.2. The zero-order valence-electron chi connectivity index (χ0n) is 12.0. The number of hydrogen-bond donors (Lipinski definition) is 2. The monoisotopic (exact) mass is 297 g/mol. The Bertz CT molecular complexity index is 867. The number of aryl methyl sites for hydroxylation is 1. The van der Waals surface area contributed by atoms with Gasteiger partial charge in [0.05, 0.1) is 6.33 Å². The van der Waals surface area contributed by atoms with Crippen LogP contribution in [0.15, 0.2) is 41.7 Å². The first-order valence-corrected chi connectivity index (χ1v) is 6.89. The number of fused-ring (bicyclic) bond motifs is 1. The predicted octanol–water partition coefficient (Wildman–Crippen LogP) is 0.699.